The molecule has 0 atom stereocenters. The summed E-state index contributed by atoms with van der Waals surface area (Å²) >= 11 is 11.8. The van der Waals surface area contributed by atoms with Crippen LogP contribution in [-0.4, -0.2) is 40.6 Å². The maximum Gasteiger partial charge on any atom is 0.258 e. The average Bonchev–Trinajstić information content (AvgIpc) is 3.61. The Hall–Kier alpha value is -3.49. The van der Waals surface area contributed by atoms with Gasteiger partial charge in [-0.1, -0.05) is 29.3 Å². The maximum absolute atomic E-state index is 14.6. The number of benzene rings is 2. The Kier molecular flexibility index (Phi) is 6.07. The number of rotatable bonds is 5. The summed E-state index contributed by atoms with van der Waals surface area (Å²) in [5.41, 5.74) is 0.390. The van der Waals surface area contributed by atoms with Gasteiger partial charge in [0.2, 0.25) is 0 Å². The minimum atomic E-state index is -0.767. The fraction of sp³-hybridized carbons (Fsp3) is 0.0909. The van der Waals surface area contributed by atoms with Crippen molar-refractivity contribution in [1.29, 1.82) is 5.41 Å². The highest BCUT2D eigenvalue weighted by Gasteiger charge is 2.24. The van der Waals surface area contributed by atoms with Crippen molar-refractivity contribution in [3.63, 3.8) is 0 Å². The van der Waals surface area contributed by atoms with Gasteiger partial charge < -0.3 is 15.5 Å². The number of hydrogen-bond donors (Lipinski definition) is 3. The fourth-order valence-corrected chi connectivity index (χ4v) is 3.22. The van der Waals surface area contributed by atoms with Gasteiger partial charge in [0.05, 0.1) is 21.8 Å². The molecular weight excluding hydrogens is 456 g/mol. The van der Waals surface area contributed by atoms with E-state index in [0.29, 0.717) is 10.6 Å². The summed E-state index contributed by atoms with van der Waals surface area (Å²) < 4.78 is 14.6. The summed E-state index contributed by atoms with van der Waals surface area (Å²) in [5, 5.41) is 13.8. The third-order valence-corrected chi connectivity index (χ3v) is 5.15. The van der Waals surface area contributed by atoms with Gasteiger partial charge in [-0.3, -0.25) is 15.0 Å². The van der Waals surface area contributed by atoms with E-state index in [1.165, 1.54) is 42.6 Å². The van der Waals surface area contributed by atoms with E-state index >= 15 is 0 Å². The third kappa shape index (κ3) is 4.87. The fourth-order valence-electron chi connectivity index (χ4n) is 2.94. The van der Waals surface area contributed by atoms with Crippen LogP contribution in [0.25, 0.3) is 0 Å². The molecule has 2 amide bonds. The van der Waals surface area contributed by atoms with Gasteiger partial charge in [-0.15, -0.1) is 0 Å². The Labute approximate surface area is 192 Å². The number of carbonyl (C=O) groups is 2. The first-order valence-electron chi connectivity index (χ1n) is 9.49. The van der Waals surface area contributed by atoms with Crippen molar-refractivity contribution in [2.45, 2.75) is 0 Å². The van der Waals surface area contributed by atoms with Gasteiger partial charge in [-0.25, -0.2) is 9.37 Å². The van der Waals surface area contributed by atoms with Crippen LogP contribution in [0.4, 0.5) is 15.9 Å². The highest BCUT2D eigenvalue weighted by Crippen LogP contribution is 2.24. The van der Waals surface area contributed by atoms with Crippen molar-refractivity contribution in [1.82, 2.24) is 9.88 Å². The lowest BCUT2D eigenvalue weighted by Gasteiger charge is -2.13. The molecule has 0 saturated carbocycles. The molecule has 2 aromatic carbocycles. The molecule has 1 fully saturated rings. The van der Waals surface area contributed by atoms with Crippen LogP contribution in [0.3, 0.4) is 0 Å². The van der Waals surface area contributed by atoms with E-state index in [-0.39, 0.29) is 33.5 Å². The van der Waals surface area contributed by atoms with Gasteiger partial charge in [0.25, 0.3) is 11.8 Å². The summed E-state index contributed by atoms with van der Waals surface area (Å²) in [6.45, 7) is 1.52. The van der Waals surface area contributed by atoms with E-state index in [2.05, 4.69) is 15.6 Å². The molecule has 162 valence electrons. The Bertz CT molecular complexity index is 1230. The summed E-state index contributed by atoms with van der Waals surface area (Å²) in [5.74, 6) is -1.61. The Balaban J connectivity index is 1.55. The SMILES string of the molecule is N=C(c1ccc(C(=O)Nc2ccc(Cl)cc2C(=O)Nc2ccc(Cl)cn2)c(F)c1)N1CC1. The van der Waals surface area contributed by atoms with Gasteiger partial charge in [-0.05, 0) is 42.5 Å². The zero-order valence-electron chi connectivity index (χ0n) is 16.5. The zero-order chi connectivity index (χ0) is 22.8. The van der Waals surface area contributed by atoms with E-state index in [1.54, 1.807) is 11.0 Å². The first kappa shape index (κ1) is 21.7. The number of nitrogens with zero attached hydrogens (tertiary/aromatic N) is 2. The predicted molar refractivity (Wildman–Crippen MR) is 121 cm³/mol. The number of nitrogens with one attached hydrogen (secondary N) is 3. The van der Waals surface area contributed by atoms with Crippen molar-refractivity contribution in [3.8, 4) is 0 Å². The molecule has 0 aliphatic carbocycles. The molecule has 7 nitrogen and oxygen atoms in total. The van der Waals surface area contributed by atoms with E-state index in [4.69, 9.17) is 28.6 Å². The normalized spacial score (nSPS) is 12.3. The average molecular weight is 472 g/mol. The largest absolute Gasteiger partial charge is 0.353 e. The number of pyridine rings is 1. The van der Waals surface area contributed by atoms with Crippen molar-refractivity contribution in [2.75, 3.05) is 23.7 Å². The second-order valence-corrected chi connectivity index (χ2v) is 7.86. The summed E-state index contributed by atoms with van der Waals surface area (Å²) in [4.78, 5) is 31.2. The monoisotopic (exact) mass is 471 g/mol. The molecule has 3 aromatic rings. The second kappa shape index (κ2) is 8.94. The quantitative estimate of drug-likeness (QED) is 0.286. The summed E-state index contributed by atoms with van der Waals surface area (Å²) in [7, 11) is 0. The molecule has 0 spiro atoms. The lowest BCUT2D eigenvalue weighted by molar-refractivity contribution is 0.102. The van der Waals surface area contributed by atoms with Gasteiger partial charge in [0.15, 0.2) is 0 Å². The molecule has 2 heterocycles. The van der Waals surface area contributed by atoms with Gasteiger partial charge in [0, 0.05) is 29.9 Å². The lowest BCUT2D eigenvalue weighted by atomic mass is 10.1. The minimum absolute atomic E-state index is 0.0722. The molecular formula is C22H16Cl2FN5O2. The second-order valence-electron chi connectivity index (χ2n) is 6.99. The molecule has 32 heavy (non-hydrogen) atoms. The molecule has 0 unspecified atom stereocenters. The molecule has 4 rings (SSSR count). The van der Waals surface area contributed by atoms with Crippen LogP contribution in [0.5, 0.6) is 0 Å². The van der Waals surface area contributed by atoms with Gasteiger partial charge in [-0.2, -0.15) is 0 Å². The number of halogens is 3. The molecule has 10 heteroatoms. The number of amides is 2. The van der Waals surface area contributed by atoms with E-state index < -0.39 is 17.6 Å². The molecule has 0 radical (unpaired) electrons. The number of carbonyl (C=O) groups excluding carboxylic acids is 2. The van der Waals surface area contributed by atoms with Crippen LogP contribution < -0.4 is 10.6 Å². The number of hydrogen-bond acceptors (Lipinski definition) is 4. The van der Waals surface area contributed by atoms with Crippen molar-refractivity contribution < 1.29 is 14.0 Å². The lowest BCUT2D eigenvalue weighted by Crippen LogP contribution is -2.20. The first-order chi connectivity index (χ1) is 15.3. The highest BCUT2D eigenvalue weighted by atomic mass is 35.5. The van der Waals surface area contributed by atoms with Gasteiger partial charge >= 0.3 is 0 Å². The zero-order valence-corrected chi connectivity index (χ0v) is 18.0. The molecule has 0 bridgehead atoms. The Morgan fingerprint density at radius 1 is 0.938 bits per heavy atom. The van der Waals surface area contributed by atoms with E-state index in [0.717, 1.165) is 19.2 Å². The number of aromatic nitrogens is 1. The molecule has 1 aromatic heterocycles. The number of amidine groups is 1. The molecule has 1 aliphatic heterocycles. The van der Waals surface area contributed by atoms with Crippen molar-refractivity contribution in [2.24, 2.45) is 0 Å². The van der Waals surface area contributed by atoms with Crippen LogP contribution in [0.2, 0.25) is 10.0 Å². The standard InChI is InChI=1S/C22H16Cl2FN5O2/c23-13-2-5-18(16(10-13)22(32)29-19-6-3-14(24)11-27-19)28-21(31)15-4-1-12(9-17(15)25)20(26)30-7-8-30/h1-6,9-11,26H,7-8H2,(H,28,31)(H,27,29,32). The van der Waals surface area contributed by atoms with E-state index in [9.17, 15) is 14.0 Å². The minimum Gasteiger partial charge on any atom is -0.353 e. The Morgan fingerprint density at radius 3 is 2.31 bits per heavy atom. The van der Waals surface area contributed by atoms with Crippen LogP contribution >= 0.6 is 23.2 Å². The van der Waals surface area contributed by atoms with Crippen LogP contribution in [0.15, 0.2) is 54.7 Å². The van der Waals surface area contributed by atoms with Crippen LogP contribution in [-0.2, 0) is 0 Å². The van der Waals surface area contributed by atoms with Crippen molar-refractivity contribution in [3.05, 3.63) is 87.3 Å². The van der Waals surface area contributed by atoms with Crippen LogP contribution in [0.1, 0.15) is 26.3 Å². The van der Waals surface area contributed by atoms with Crippen LogP contribution in [0, 0.1) is 11.2 Å². The molecule has 3 N–H and O–H groups in total. The number of anilines is 2. The smallest absolute Gasteiger partial charge is 0.258 e. The molecule has 1 aliphatic rings. The predicted octanol–water partition coefficient (Wildman–Crippen LogP) is 4.67. The summed E-state index contributed by atoms with van der Waals surface area (Å²) in [6, 6.07) is 11.4. The first-order valence-corrected chi connectivity index (χ1v) is 10.2. The third-order valence-electron chi connectivity index (χ3n) is 4.69. The Morgan fingerprint density at radius 2 is 1.66 bits per heavy atom. The topological polar surface area (TPSA) is 98.0 Å². The van der Waals surface area contributed by atoms with Crippen molar-refractivity contribution >= 4 is 52.4 Å². The maximum atomic E-state index is 14.6. The molecule has 1 saturated heterocycles. The summed E-state index contributed by atoms with van der Waals surface area (Å²) in [6.07, 6.45) is 1.38. The van der Waals surface area contributed by atoms with Gasteiger partial charge in [0.1, 0.15) is 17.5 Å². The van der Waals surface area contributed by atoms with E-state index in [1.807, 2.05) is 0 Å². The highest BCUT2D eigenvalue weighted by molar-refractivity contribution is 6.31.